The molecular formula is C17H16F2O2. The molecule has 2 rings (SSSR count). The molecule has 0 saturated heterocycles. The fourth-order valence-electron chi connectivity index (χ4n) is 1.94. The normalized spacial score (nSPS) is 12.0. The lowest BCUT2D eigenvalue weighted by atomic mass is 10.0. The van der Waals surface area contributed by atoms with Crippen molar-refractivity contribution >= 4 is 5.78 Å². The summed E-state index contributed by atoms with van der Waals surface area (Å²) in [5.41, 5.74) is 2.56. The van der Waals surface area contributed by atoms with Gasteiger partial charge in [0.2, 0.25) is 5.78 Å². The molecule has 0 saturated carbocycles. The van der Waals surface area contributed by atoms with Crippen LogP contribution in [-0.2, 0) is 0 Å². The number of halogens is 2. The van der Waals surface area contributed by atoms with E-state index in [-0.39, 0.29) is 11.5 Å². The van der Waals surface area contributed by atoms with Crippen LogP contribution in [0.2, 0.25) is 0 Å². The van der Waals surface area contributed by atoms with Crippen molar-refractivity contribution in [3.63, 3.8) is 0 Å². The Morgan fingerprint density at radius 2 is 1.76 bits per heavy atom. The van der Waals surface area contributed by atoms with Crippen LogP contribution in [0.3, 0.4) is 0 Å². The van der Waals surface area contributed by atoms with E-state index < -0.39 is 17.7 Å². The summed E-state index contributed by atoms with van der Waals surface area (Å²) in [6.07, 6.45) is -0.900. The van der Waals surface area contributed by atoms with Crippen LogP contribution < -0.4 is 4.74 Å². The second-order valence-electron chi connectivity index (χ2n) is 5.00. The molecule has 0 amide bonds. The minimum atomic E-state index is -0.900. The lowest BCUT2D eigenvalue weighted by molar-refractivity contribution is 0.0811. The van der Waals surface area contributed by atoms with E-state index >= 15 is 0 Å². The van der Waals surface area contributed by atoms with Crippen LogP contribution in [-0.4, -0.2) is 11.9 Å². The molecule has 0 aliphatic rings. The minimum Gasteiger partial charge on any atom is -0.479 e. The fraction of sp³-hybridized carbons (Fsp3) is 0.235. The maximum absolute atomic E-state index is 13.5. The van der Waals surface area contributed by atoms with E-state index in [1.165, 1.54) is 6.92 Å². The molecule has 0 aliphatic carbocycles. The van der Waals surface area contributed by atoms with Crippen LogP contribution in [0.4, 0.5) is 8.78 Å². The van der Waals surface area contributed by atoms with Crippen molar-refractivity contribution in [1.82, 2.24) is 0 Å². The first-order valence-corrected chi connectivity index (χ1v) is 6.61. The van der Waals surface area contributed by atoms with E-state index in [0.717, 1.165) is 29.3 Å². The third-order valence-corrected chi connectivity index (χ3v) is 3.36. The Morgan fingerprint density at radius 1 is 1.05 bits per heavy atom. The minimum absolute atomic E-state index is 0.264. The third-order valence-electron chi connectivity index (χ3n) is 3.36. The van der Waals surface area contributed by atoms with Gasteiger partial charge in [0.25, 0.3) is 0 Å². The van der Waals surface area contributed by atoms with Crippen LogP contribution >= 0.6 is 0 Å². The molecule has 0 bridgehead atoms. The van der Waals surface area contributed by atoms with Gasteiger partial charge >= 0.3 is 0 Å². The molecule has 21 heavy (non-hydrogen) atoms. The number of hydrogen-bond donors (Lipinski definition) is 0. The van der Waals surface area contributed by atoms with Gasteiger partial charge in [-0.25, -0.2) is 8.78 Å². The van der Waals surface area contributed by atoms with E-state index in [1.54, 1.807) is 12.1 Å². The molecule has 1 unspecified atom stereocenters. The maximum Gasteiger partial charge on any atom is 0.203 e. The molecule has 110 valence electrons. The molecule has 0 spiro atoms. The molecule has 0 fully saturated rings. The number of hydrogen-bond acceptors (Lipinski definition) is 2. The van der Waals surface area contributed by atoms with Crippen molar-refractivity contribution in [3.05, 3.63) is 64.7 Å². The summed E-state index contributed by atoms with van der Waals surface area (Å²) in [5, 5.41) is 0. The number of benzene rings is 2. The standard InChI is InChI=1S/C17H16F2O2/c1-10-4-5-13(8-11(10)2)17(20)12(3)21-16-9-14(18)6-7-15(16)19/h4-9,12H,1-3H3. The summed E-state index contributed by atoms with van der Waals surface area (Å²) in [7, 11) is 0. The van der Waals surface area contributed by atoms with E-state index in [1.807, 2.05) is 19.9 Å². The van der Waals surface area contributed by atoms with Gasteiger partial charge in [-0.15, -0.1) is 0 Å². The largest absolute Gasteiger partial charge is 0.479 e. The lowest BCUT2D eigenvalue weighted by Crippen LogP contribution is -2.24. The van der Waals surface area contributed by atoms with Gasteiger partial charge in [0.15, 0.2) is 17.7 Å². The van der Waals surface area contributed by atoms with Crippen molar-refractivity contribution in [1.29, 1.82) is 0 Å². The number of carbonyl (C=O) groups excluding carboxylic acids is 1. The maximum atomic E-state index is 13.5. The Kier molecular flexibility index (Phi) is 4.36. The lowest BCUT2D eigenvalue weighted by Gasteiger charge is -2.15. The van der Waals surface area contributed by atoms with E-state index in [9.17, 15) is 13.6 Å². The number of aryl methyl sites for hydroxylation is 2. The Hall–Kier alpha value is -2.23. The van der Waals surface area contributed by atoms with E-state index in [4.69, 9.17) is 4.74 Å². The highest BCUT2D eigenvalue weighted by Crippen LogP contribution is 2.21. The van der Waals surface area contributed by atoms with Crippen LogP contribution in [0.1, 0.15) is 28.4 Å². The molecule has 0 radical (unpaired) electrons. The number of rotatable bonds is 4. The Morgan fingerprint density at radius 3 is 2.43 bits per heavy atom. The molecule has 4 heteroatoms. The van der Waals surface area contributed by atoms with Gasteiger partial charge in [0, 0.05) is 11.6 Å². The number of Topliss-reactive ketones (excluding diaryl/α,β-unsaturated/α-hetero) is 1. The van der Waals surface area contributed by atoms with E-state index in [2.05, 4.69) is 0 Å². The molecule has 2 nitrogen and oxygen atoms in total. The first kappa shape index (κ1) is 15.2. The van der Waals surface area contributed by atoms with Crippen LogP contribution in [0.25, 0.3) is 0 Å². The van der Waals surface area contributed by atoms with Gasteiger partial charge in [-0.05, 0) is 50.1 Å². The predicted molar refractivity (Wildman–Crippen MR) is 76.7 cm³/mol. The van der Waals surface area contributed by atoms with Crippen LogP contribution in [0.5, 0.6) is 5.75 Å². The summed E-state index contributed by atoms with van der Waals surface area (Å²) in [6.45, 7) is 5.37. The average Bonchev–Trinajstić information content (AvgIpc) is 2.45. The number of carbonyl (C=O) groups is 1. The predicted octanol–water partition coefficient (Wildman–Crippen LogP) is 4.23. The van der Waals surface area contributed by atoms with Crippen LogP contribution in [0, 0.1) is 25.5 Å². The Labute approximate surface area is 122 Å². The molecule has 1 atom stereocenters. The zero-order valence-electron chi connectivity index (χ0n) is 12.1. The van der Waals surface area contributed by atoms with Crippen molar-refractivity contribution in [2.75, 3.05) is 0 Å². The quantitative estimate of drug-likeness (QED) is 0.788. The summed E-state index contributed by atoms with van der Waals surface area (Å²) in [4.78, 5) is 12.3. The monoisotopic (exact) mass is 290 g/mol. The van der Waals surface area contributed by atoms with Crippen molar-refractivity contribution < 1.29 is 18.3 Å². The third kappa shape index (κ3) is 3.45. The highest BCUT2D eigenvalue weighted by molar-refractivity contribution is 5.99. The van der Waals surface area contributed by atoms with Crippen molar-refractivity contribution in [2.45, 2.75) is 26.9 Å². The summed E-state index contributed by atoms with van der Waals surface area (Å²) in [6, 6.07) is 8.21. The first-order valence-electron chi connectivity index (χ1n) is 6.61. The summed E-state index contributed by atoms with van der Waals surface area (Å²) >= 11 is 0. The van der Waals surface area contributed by atoms with Crippen molar-refractivity contribution in [3.8, 4) is 5.75 Å². The number of ketones is 1. The van der Waals surface area contributed by atoms with Gasteiger partial charge in [-0.3, -0.25) is 4.79 Å². The van der Waals surface area contributed by atoms with Crippen LogP contribution in [0.15, 0.2) is 36.4 Å². The fourth-order valence-corrected chi connectivity index (χ4v) is 1.94. The average molecular weight is 290 g/mol. The topological polar surface area (TPSA) is 26.3 Å². The molecule has 0 heterocycles. The molecule has 0 aliphatic heterocycles. The second kappa shape index (κ2) is 6.04. The first-order chi connectivity index (χ1) is 9.88. The summed E-state index contributed by atoms with van der Waals surface area (Å²) < 4.78 is 31.8. The Balaban J connectivity index is 2.19. The molecule has 2 aromatic rings. The number of ether oxygens (including phenoxy) is 1. The smallest absolute Gasteiger partial charge is 0.203 e. The van der Waals surface area contributed by atoms with Crippen molar-refractivity contribution in [2.24, 2.45) is 0 Å². The molecule has 2 aromatic carbocycles. The SMILES string of the molecule is Cc1ccc(C(=O)C(C)Oc2cc(F)ccc2F)cc1C. The molecule has 0 aromatic heterocycles. The molecular weight excluding hydrogens is 274 g/mol. The second-order valence-corrected chi connectivity index (χ2v) is 5.00. The molecule has 0 N–H and O–H groups in total. The highest BCUT2D eigenvalue weighted by Gasteiger charge is 2.19. The van der Waals surface area contributed by atoms with Gasteiger partial charge in [0.1, 0.15) is 5.82 Å². The van der Waals surface area contributed by atoms with Gasteiger partial charge < -0.3 is 4.74 Å². The zero-order valence-corrected chi connectivity index (χ0v) is 12.1. The summed E-state index contributed by atoms with van der Waals surface area (Å²) in [5.74, 6) is -1.85. The highest BCUT2D eigenvalue weighted by atomic mass is 19.1. The zero-order chi connectivity index (χ0) is 15.6. The van der Waals surface area contributed by atoms with Gasteiger partial charge in [0.05, 0.1) is 0 Å². The van der Waals surface area contributed by atoms with Gasteiger partial charge in [-0.2, -0.15) is 0 Å². The van der Waals surface area contributed by atoms with Gasteiger partial charge in [-0.1, -0.05) is 12.1 Å². The van der Waals surface area contributed by atoms with E-state index in [0.29, 0.717) is 5.56 Å². The Bertz CT molecular complexity index is 680.